The van der Waals surface area contributed by atoms with E-state index in [4.69, 9.17) is 23.2 Å². The average Bonchev–Trinajstić information content (AvgIpc) is 2.98. The highest BCUT2D eigenvalue weighted by molar-refractivity contribution is 6.38. The van der Waals surface area contributed by atoms with Crippen LogP contribution >= 0.6 is 23.2 Å². The molecule has 8 nitrogen and oxygen atoms in total. The number of para-hydroxylation sites is 1. The number of carbonyl (C=O) groups is 3. The van der Waals surface area contributed by atoms with Crippen LogP contribution in [-0.2, 0) is 16.1 Å². The molecule has 0 aliphatic heterocycles. The van der Waals surface area contributed by atoms with E-state index in [9.17, 15) is 14.4 Å². The highest BCUT2D eigenvalue weighted by atomic mass is 35.5. The maximum Gasteiger partial charge on any atom is 0.251 e. The second kappa shape index (κ2) is 13.3. The van der Waals surface area contributed by atoms with Crippen LogP contribution in [0.2, 0.25) is 10.0 Å². The molecular formula is C31H29Cl2N5O3. The summed E-state index contributed by atoms with van der Waals surface area (Å²) in [5.74, 6) is -0.992. The number of aromatic nitrogens is 1. The molecule has 0 aliphatic carbocycles. The summed E-state index contributed by atoms with van der Waals surface area (Å²) >= 11 is 13.2. The monoisotopic (exact) mass is 589 g/mol. The van der Waals surface area contributed by atoms with E-state index >= 15 is 0 Å². The lowest BCUT2D eigenvalue weighted by Crippen LogP contribution is -2.37. The normalized spacial score (nSPS) is 11.0. The van der Waals surface area contributed by atoms with E-state index in [-0.39, 0.29) is 18.4 Å². The van der Waals surface area contributed by atoms with Gasteiger partial charge < -0.3 is 20.9 Å². The summed E-state index contributed by atoms with van der Waals surface area (Å²) in [6.45, 7) is 2.02. The number of nitrogens with one attached hydrogen (secondary N) is 3. The number of carbonyl (C=O) groups excluding carboxylic acids is 3. The van der Waals surface area contributed by atoms with Gasteiger partial charge in [-0.05, 0) is 55.0 Å². The Balaban J connectivity index is 1.39. The van der Waals surface area contributed by atoms with Crippen LogP contribution in [0, 0.1) is 6.92 Å². The van der Waals surface area contributed by atoms with Crippen LogP contribution in [0.15, 0.2) is 72.8 Å². The van der Waals surface area contributed by atoms with Crippen molar-refractivity contribution in [3.8, 4) is 0 Å². The quantitative estimate of drug-likeness (QED) is 0.220. The number of halogens is 2. The Bertz CT molecular complexity index is 1640. The number of fused-ring (bicyclic) bond motifs is 1. The van der Waals surface area contributed by atoms with Crippen molar-refractivity contribution in [2.24, 2.45) is 0 Å². The number of pyridine rings is 1. The summed E-state index contributed by atoms with van der Waals surface area (Å²) in [4.78, 5) is 42.9. The minimum atomic E-state index is -0.437. The van der Waals surface area contributed by atoms with E-state index in [1.54, 1.807) is 56.6 Å². The van der Waals surface area contributed by atoms with Crippen molar-refractivity contribution in [3.63, 3.8) is 0 Å². The minimum absolute atomic E-state index is 0.192. The maximum absolute atomic E-state index is 12.9. The van der Waals surface area contributed by atoms with Gasteiger partial charge in [0, 0.05) is 53.9 Å². The van der Waals surface area contributed by atoms with Crippen LogP contribution < -0.4 is 20.9 Å². The number of anilines is 2. The number of hydrogen-bond donors (Lipinski definition) is 3. The number of benzene rings is 3. The number of rotatable bonds is 9. The first kappa shape index (κ1) is 29.6. The first-order valence-corrected chi connectivity index (χ1v) is 13.5. The van der Waals surface area contributed by atoms with Crippen LogP contribution in [0.1, 0.15) is 27.2 Å². The molecule has 0 fully saturated rings. The Hall–Kier alpha value is -4.40. The van der Waals surface area contributed by atoms with E-state index in [2.05, 4.69) is 20.9 Å². The number of aryl methyl sites for hydroxylation is 1. The Kier molecular flexibility index (Phi) is 9.60. The maximum atomic E-state index is 12.9. The van der Waals surface area contributed by atoms with E-state index in [0.717, 1.165) is 27.8 Å². The molecule has 210 valence electrons. The molecule has 1 heterocycles. The summed E-state index contributed by atoms with van der Waals surface area (Å²) in [6.07, 6.45) is 2.92. The topological polar surface area (TPSA) is 103 Å². The van der Waals surface area contributed by atoms with Gasteiger partial charge in [0.2, 0.25) is 11.8 Å². The zero-order valence-corrected chi connectivity index (χ0v) is 24.3. The Labute approximate surface area is 248 Å². The van der Waals surface area contributed by atoms with Gasteiger partial charge in [-0.15, -0.1) is 0 Å². The molecule has 0 atom stereocenters. The molecule has 0 aliphatic rings. The molecule has 3 amide bonds. The lowest BCUT2D eigenvalue weighted by Gasteiger charge is -2.21. The minimum Gasteiger partial charge on any atom is -0.379 e. The fourth-order valence-electron chi connectivity index (χ4n) is 4.11. The van der Waals surface area contributed by atoms with Gasteiger partial charge in [-0.2, -0.15) is 0 Å². The zero-order valence-electron chi connectivity index (χ0n) is 22.8. The van der Waals surface area contributed by atoms with Gasteiger partial charge >= 0.3 is 0 Å². The van der Waals surface area contributed by atoms with Gasteiger partial charge in [0.1, 0.15) is 0 Å². The van der Waals surface area contributed by atoms with Crippen LogP contribution in [0.4, 0.5) is 11.4 Å². The summed E-state index contributed by atoms with van der Waals surface area (Å²) in [7, 11) is 3.14. The zero-order chi connectivity index (χ0) is 29.5. The van der Waals surface area contributed by atoms with Crippen molar-refractivity contribution >= 4 is 69.3 Å². The molecule has 0 saturated carbocycles. The van der Waals surface area contributed by atoms with E-state index < -0.39 is 5.91 Å². The van der Waals surface area contributed by atoms with Crippen LogP contribution in [0.25, 0.3) is 17.0 Å². The molecule has 10 heteroatoms. The predicted octanol–water partition coefficient (Wildman–Crippen LogP) is 5.61. The first-order chi connectivity index (χ1) is 19.7. The number of amides is 3. The van der Waals surface area contributed by atoms with Crippen molar-refractivity contribution in [1.82, 2.24) is 15.6 Å². The van der Waals surface area contributed by atoms with Gasteiger partial charge in [-0.25, -0.2) is 0 Å². The van der Waals surface area contributed by atoms with Gasteiger partial charge in [-0.3, -0.25) is 19.4 Å². The second-order valence-electron chi connectivity index (χ2n) is 9.25. The lowest BCUT2D eigenvalue weighted by molar-refractivity contribution is -0.122. The lowest BCUT2D eigenvalue weighted by atomic mass is 10.1. The summed E-state index contributed by atoms with van der Waals surface area (Å²) in [6, 6.07) is 20.0. The molecular weight excluding hydrogens is 561 g/mol. The molecule has 0 bridgehead atoms. The molecule has 4 rings (SSSR count). The molecule has 0 radical (unpaired) electrons. The number of likely N-dealkylation sites (N-methyl/N-ethyl adjacent to an activating group) is 1. The highest BCUT2D eigenvalue weighted by Crippen LogP contribution is 2.34. The Morgan fingerprint density at radius 2 is 1.73 bits per heavy atom. The van der Waals surface area contributed by atoms with Crippen molar-refractivity contribution in [3.05, 3.63) is 105 Å². The Morgan fingerprint density at radius 1 is 0.976 bits per heavy atom. The van der Waals surface area contributed by atoms with Gasteiger partial charge in [0.15, 0.2) is 0 Å². The van der Waals surface area contributed by atoms with E-state index in [0.29, 0.717) is 33.4 Å². The van der Waals surface area contributed by atoms with Crippen LogP contribution in [0.5, 0.6) is 0 Å². The van der Waals surface area contributed by atoms with E-state index in [1.165, 1.54) is 11.0 Å². The smallest absolute Gasteiger partial charge is 0.251 e. The third kappa shape index (κ3) is 7.22. The average molecular weight is 591 g/mol. The molecule has 4 aromatic rings. The fourth-order valence-corrected chi connectivity index (χ4v) is 4.74. The van der Waals surface area contributed by atoms with Gasteiger partial charge in [0.25, 0.3) is 5.91 Å². The standard InChI is InChI=1S/C31H29Cl2N5O3/c1-19-7-11-21-5-4-6-25(30(21)37-19)35-17-23-24(32)14-15-26(29(23)33)38(3)28(40)18-36-27(39)16-10-20-8-12-22(13-9-20)31(41)34-2/h4-16,35H,17-18H2,1-3H3,(H,34,41)(H,36,39). The third-order valence-electron chi connectivity index (χ3n) is 6.46. The Morgan fingerprint density at radius 3 is 2.46 bits per heavy atom. The van der Waals surface area contributed by atoms with E-state index in [1.807, 2.05) is 37.3 Å². The second-order valence-corrected chi connectivity index (χ2v) is 10.0. The SMILES string of the molecule is CNC(=O)c1ccc(C=CC(=O)NCC(=O)N(C)c2ccc(Cl)c(CNc3cccc4ccc(C)nc34)c2Cl)cc1. The fraction of sp³-hybridized carbons (Fsp3) is 0.161. The van der Waals surface area contributed by atoms with Crippen LogP contribution in [0.3, 0.4) is 0 Å². The molecule has 41 heavy (non-hydrogen) atoms. The van der Waals surface area contributed by atoms with Crippen molar-refractivity contribution in [2.45, 2.75) is 13.5 Å². The molecule has 0 unspecified atom stereocenters. The molecule has 0 saturated heterocycles. The number of hydrogen-bond acceptors (Lipinski definition) is 5. The van der Waals surface area contributed by atoms with Gasteiger partial charge in [0.05, 0.1) is 28.5 Å². The van der Waals surface area contributed by atoms with Crippen molar-refractivity contribution in [2.75, 3.05) is 30.9 Å². The molecule has 3 aromatic carbocycles. The predicted molar refractivity (Wildman–Crippen MR) is 166 cm³/mol. The highest BCUT2D eigenvalue weighted by Gasteiger charge is 2.19. The van der Waals surface area contributed by atoms with Gasteiger partial charge in [-0.1, -0.05) is 53.5 Å². The summed E-state index contributed by atoms with van der Waals surface area (Å²) in [5, 5.41) is 10.3. The third-order valence-corrected chi connectivity index (χ3v) is 7.23. The summed E-state index contributed by atoms with van der Waals surface area (Å²) < 4.78 is 0. The first-order valence-electron chi connectivity index (χ1n) is 12.8. The largest absolute Gasteiger partial charge is 0.379 e. The van der Waals surface area contributed by atoms with Crippen LogP contribution in [-0.4, -0.2) is 43.3 Å². The summed E-state index contributed by atoms with van der Waals surface area (Å²) in [5.41, 5.74) is 4.93. The molecule has 3 N–H and O–H groups in total. The molecule has 1 aromatic heterocycles. The number of nitrogens with zero attached hydrogens (tertiary/aromatic N) is 2. The van der Waals surface area contributed by atoms with Crippen molar-refractivity contribution in [1.29, 1.82) is 0 Å². The molecule has 0 spiro atoms. The van der Waals surface area contributed by atoms with Crippen molar-refractivity contribution < 1.29 is 14.4 Å².